The molecule has 2 N–H and O–H groups in total. The number of hydrogen-bond donors (Lipinski definition) is 2. The SMILES string of the molecule is CC(C)[C@@H](OCc1ccnc(OC(F)F)c1)C(=O)NC1(c2ccc(C(=O)O)cc2)CC1. The van der Waals surface area contributed by atoms with Crippen molar-refractivity contribution in [3.05, 3.63) is 59.3 Å². The molecule has 0 bridgehead atoms. The highest BCUT2D eigenvalue weighted by atomic mass is 19.3. The molecule has 1 fully saturated rings. The molecular weight excluding hydrogens is 410 g/mol. The normalized spacial score (nSPS) is 15.5. The minimum absolute atomic E-state index is 0.0265. The first-order valence-electron chi connectivity index (χ1n) is 9.87. The summed E-state index contributed by atoms with van der Waals surface area (Å²) in [5.41, 5.74) is 1.05. The first kappa shape index (κ1) is 22.6. The summed E-state index contributed by atoms with van der Waals surface area (Å²) in [6.45, 7) is 0.753. The van der Waals surface area contributed by atoms with Crippen LogP contribution < -0.4 is 10.1 Å². The molecule has 0 saturated heterocycles. The lowest BCUT2D eigenvalue weighted by atomic mass is 10.0. The molecule has 1 amide bonds. The van der Waals surface area contributed by atoms with Crippen molar-refractivity contribution in [2.75, 3.05) is 0 Å². The summed E-state index contributed by atoms with van der Waals surface area (Å²) in [7, 11) is 0. The average molecular weight is 434 g/mol. The minimum Gasteiger partial charge on any atom is -0.478 e. The van der Waals surface area contributed by atoms with Crippen molar-refractivity contribution >= 4 is 11.9 Å². The van der Waals surface area contributed by atoms with Gasteiger partial charge in [-0.2, -0.15) is 8.78 Å². The van der Waals surface area contributed by atoms with E-state index >= 15 is 0 Å². The van der Waals surface area contributed by atoms with Crippen molar-refractivity contribution in [2.45, 2.75) is 51.6 Å². The first-order chi connectivity index (χ1) is 14.7. The highest BCUT2D eigenvalue weighted by Crippen LogP contribution is 2.45. The van der Waals surface area contributed by atoms with Crippen LogP contribution in [0, 0.1) is 5.92 Å². The van der Waals surface area contributed by atoms with Gasteiger partial charge in [0.2, 0.25) is 11.8 Å². The maximum Gasteiger partial charge on any atom is 0.388 e. The molecule has 9 heteroatoms. The number of aromatic nitrogens is 1. The molecule has 1 aliphatic carbocycles. The van der Waals surface area contributed by atoms with Gasteiger partial charge in [-0.25, -0.2) is 9.78 Å². The highest BCUT2D eigenvalue weighted by molar-refractivity contribution is 5.87. The number of ether oxygens (including phenoxy) is 2. The summed E-state index contributed by atoms with van der Waals surface area (Å²) in [6, 6.07) is 9.40. The number of rotatable bonds is 10. The van der Waals surface area contributed by atoms with Crippen LogP contribution in [-0.4, -0.2) is 34.7 Å². The third kappa shape index (κ3) is 5.75. The van der Waals surface area contributed by atoms with Gasteiger partial charge in [-0.1, -0.05) is 26.0 Å². The van der Waals surface area contributed by atoms with Crippen LogP contribution in [-0.2, 0) is 21.7 Å². The number of aromatic carboxylic acids is 1. The van der Waals surface area contributed by atoms with Crippen LogP contribution in [0.4, 0.5) is 8.78 Å². The Kier molecular flexibility index (Phi) is 6.84. The van der Waals surface area contributed by atoms with E-state index in [4.69, 9.17) is 9.84 Å². The largest absolute Gasteiger partial charge is 0.478 e. The predicted octanol–water partition coefficient (Wildman–Crippen LogP) is 3.73. The van der Waals surface area contributed by atoms with Crippen LogP contribution in [0.3, 0.4) is 0 Å². The third-order valence-corrected chi connectivity index (χ3v) is 5.10. The Bertz CT molecular complexity index is 930. The third-order valence-electron chi connectivity index (χ3n) is 5.10. The van der Waals surface area contributed by atoms with Crippen LogP contribution in [0.1, 0.15) is 48.2 Å². The van der Waals surface area contributed by atoms with Crippen LogP contribution >= 0.6 is 0 Å². The number of carboxylic acid groups (broad SMARTS) is 1. The van der Waals surface area contributed by atoms with Crippen LogP contribution in [0.2, 0.25) is 0 Å². The van der Waals surface area contributed by atoms with E-state index in [9.17, 15) is 18.4 Å². The molecule has 0 spiro atoms. The van der Waals surface area contributed by atoms with Crippen molar-refractivity contribution in [1.82, 2.24) is 10.3 Å². The van der Waals surface area contributed by atoms with E-state index in [1.54, 1.807) is 18.2 Å². The van der Waals surface area contributed by atoms with Crippen molar-refractivity contribution < 1.29 is 33.0 Å². The summed E-state index contributed by atoms with van der Waals surface area (Å²) < 4.78 is 34.8. The molecule has 1 aliphatic rings. The molecule has 2 aromatic rings. The Hall–Kier alpha value is -3.07. The maximum absolute atomic E-state index is 13.0. The van der Waals surface area contributed by atoms with E-state index in [0.717, 1.165) is 18.4 Å². The maximum atomic E-state index is 13.0. The number of carbonyl (C=O) groups is 2. The molecule has 1 aromatic carbocycles. The zero-order valence-electron chi connectivity index (χ0n) is 17.2. The molecule has 31 heavy (non-hydrogen) atoms. The number of benzene rings is 1. The fraction of sp³-hybridized carbons (Fsp3) is 0.409. The zero-order valence-corrected chi connectivity index (χ0v) is 17.2. The molecule has 7 nitrogen and oxygen atoms in total. The quantitative estimate of drug-likeness (QED) is 0.591. The lowest BCUT2D eigenvalue weighted by Gasteiger charge is -2.25. The Morgan fingerprint density at radius 2 is 1.87 bits per heavy atom. The van der Waals surface area contributed by atoms with Crippen molar-refractivity contribution in [3.8, 4) is 5.88 Å². The summed E-state index contributed by atoms with van der Waals surface area (Å²) in [4.78, 5) is 27.7. The molecule has 0 aliphatic heterocycles. The van der Waals surface area contributed by atoms with E-state index in [2.05, 4.69) is 15.0 Å². The smallest absolute Gasteiger partial charge is 0.388 e. The Morgan fingerprint density at radius 1 is 1.19 bits per heavy atom. The summed E-state index contributed by atoms with van der Waals surface area (Å²) in [6.07, 6.45) is 2.06. The molecule has 1 atom stereocenters. The topological polar surface area (TPSA) is 97.8 Å². The number of alkyl halides is 2. The lowest BCUT2D eigenvalue weighted by molar-refractivity contribution is -0.137. The van der Waals surface area contributed by atoms with Gasteiger partial charge >= 0.3 is 12.6 Å². The molecule has 3 rings (SSSR count). The molecular formula is C22H24F2N2O5. The second-order valence-corrected chi connectivity index (χ2v) is 7.81. The minimum atomic E-state index is -2.97. The van der Waals surface area contributed by atoms with Crippen molar-refractivity contribution in [3.63, 3.8) is 0 Å². The average Bonchev–Trinajstić information content (AvgIpc) is 3.48. The van der Waals surface area contributed by atoms with Crippen LogP contribution in [0.15, 0.2) is 42.6 Å². The second kappa shape index (κ2) is 9.38. The zero-order chi connectivity index (χ0) is 22.6. The number of amides is 1. The van der Waals surface area contributed by atoms with Crippen molar-refractivity contribution in [1.29, 1.82) is 0 Å². The van der Waals surface area contributed by atoms with Gasteiger partial charge in [0, 0.05) is 12.3 Å². The first-order valence-corrected chi connectivity index (χ1v) is 9.87. The van der Waals surface area contributed by atoms with Gasteiger partial charge in [0.25, 0.3) is 0 Å². The molecule has 1 saturated carbocycles. The fourth-order valence-electron chi connectivity index (χ4n) is 3.30. The van der Waals surface area contributed by atoms with E-state index in [1.807, 2.05) is 13.8 Å². The van der Waals surface area contributed by atoms with Gasteiger partial charge in [-0.3, -0.25) is 4.79 Å². The van der Waals surface area contributed by atoms with Crippen LogP contribution in [0.25, 0.3) is 0 Å². The highest BCUT2D eigenvalue weighted by Gasteiger charge is 2.46. The standard InChI is InChI=1S/C22H24F2N2O5/c1-13(2)18(30-12-14-7-10-25-17(11-14)31-21(23)24)19(27)26-22(8-9-22)16-5-3-15(4-6-16)20(28)29/h3-7,10-11,13,18,21H,8-9,12H2,1-2H3,(H,26,27)(H,28,29)/t18-/m1/s1. The van der Waals surface area contributed by atoms with E-state index in [0.29, 0.717) is 5.56 Å². The van der Waals surface area contributed by atoms with E-state index < -0.39 is 24.2 Å². The lowest BCUT2D eigenvalue weighted by Crippen LogP contribution is -2.44. The fourth-order valence-corrected chi connectivity index (χ4v) is 3.30. The van der Waals surface area contributed by atoms with Crippen molar-refractivity contribution in [2.24, 2.45) is 5.92 Å². The Balaban J connectivity index is 1.65. The van der Waals surface area contributed by atoms with Gasteiger partial charge in [0.1, 0.15) is 6.10 Å². The molecule has 0 radical (unpaired) electrons. The summed E-state index contributed by atoms with van der Waals surface area (Å²) in [5.74, 6) is -1.65. The molecule has 0 unspecified atom stereocenters. The number of hydrogen-bond acceptors (Lipinski definition) is 5. The number of carboxylic acids is 1. The van der Waals surface area contributed by atoms with Gasteiger partial charge in [-0.15, -0.1) is 0 Å². The number of pyridine rings is 1. The van der Waals surface area contributed by atoms with Crippen LogP contribution in [0.5, 0.6) is 5.88 Å². The van der Waals surface area contributed by atoms with Gasteiger partial charge < -0.3 is 19.9 Å². The molecule has 1 aromatic heterocycles. The number of halogens is 2. The van der Waals surface area contributed by atoms with Gasteiger partial charge in [0.05, 0.1) is 17.7 Å². The molecule has 1 heterocycles. The van der Waals surface area contributed by atoms with Gasteiger partial charge in [-0.05, 0) is 48.1 Å². The Morgan fingerprint density at radius 3 is 2.42 bits per heavy atom. The number of carbonyl (C=O) groups excluding carboxylic acids is 1. The monoisotopic (exact) mass is 434 g/mol. The van der Waals surface area contributed by atoms with Gasteiger partial charge in [0.15, 0.2) is 0 Å². The number of nitrogens with zero attached hydrogens (tertiary/aromatic N) is 1. The van der Waals surface area contributed by atoms with E-state index in [1.165, 1.54) is 24.4 Å². The number of nitrogens with one attached hydrogen (secondary N) is 1. The predicted molar refractivity (Wildman–Crippen MR) is 107 cm³/mol. The molecule has 166 valence electrons. The Labute approximate surface area is 178 Å². The summed E-state index contributed by atoms with van der Waals surface area (Å²) in [5, 5.41) is 12.1. The second-order valence-electron chi connectivity index (χ2n) is 7.81. The van der Waals surface area contributed by atoms with E-state index in [-0.39, 0.29) is 29.9 Å². The summed E-state index contributed by atoms with van der Waals surface area (Å²) >= 11 is 0.